The van der Waals surface area contributed by atoms with Gasteiger partial charge in [-0.2, -0.15) is 0 Å². The highest BCUT2D eigenvalue weighted by Gasteiger charge is 2.33. The highest BCUT2D eigenvalue weighted by molar-refractivity contribution is 5.95. The molecule has 0 aromatic heterocycles. The topological polar surface area (TPSA) is 76.7 Å². The van der Waals surface area contributed by atoms with Crippen molar-refractivity contribution in [2.24, 2.45) is 0 Å². The van der Waals surface area contributed by atoms with E-state index < -0.39 is 12.0 Å². The monoisotopic (exact) mass is 412 g/mol. The van der Waals surface area contributed by atoms with Gasteiger partial charge in [-0.3, -0.25) is 0 Å². The van der Waals surface area contributed by atoms with E-state index in [0.717, 1.165) is 18.4 Å². The SMILES string of the molecule is CCCCC1=C(C(=O)OC)C(c2ccc(OCc3ccccc3F)cc2)NC(=O)N1. The van der Waals surface area contributed by atoms with Crippen LogP contribution in [0.2, 0.25) is 0 Å². The van der Waals surface area contributed by atoms with E-state index in [0.29, 0.717) is 29.0 Å². The van der Waals surface area contributed by atoms with Gasteiger partial charge in [0.1, 0.15) is 18.2 Å². The minimum atomic E-state index is -0.626. The molecule has 158 valence electrons. The van der Waals surface area contributed by atoms with E-state index in [-0.39, 0.29) is 18.5 Å². The van der Waals surface area contributed by atoms with Gasteiger partial charge < -0.3 is 20.1 Å². The van der Waals surface area contributed by atoms with Crippen molar-refractivity contribution < 1.29 is 23.5 Å². The lowest BCUT2D eigenvalue weighted by molar-refractivity contribution is -0.136. The van der Waals surface area contributed by atoms with E-state index in [4.69, 9.17) is 9.47 Å². The van der Waals surface area contributed by atoms with Crippen molar-refractivity contribution >= 4 is 12.0 Å². The van der Waals surface area contributed by atoms with Crippen LogP contribution in [0.15, 0.2) is 59.8 Å². The summed E-state index contributed by atoms with van der Waals surface area (Å²) in [6.45, 7) is 2.14. The molecule has 1 unspecified atom stereocenters. The van der Waals surface area contributed by atoms with Crippen molar-refractivity contribution in [3.8, 4) is 5.75 Å². The largest absolute Gasteiger partial charge is 0.489 e. The highest BCUT2D eigenvalue weighted by atomic mass is 19.1. The fourth-order valence-electron chi connectivity index (χ4n) is 3.30. The molecule has 2 N–H and O–H groups in total. The molecule has 3 rings (SSSR count). The van der Waals surface area contributed by atoms with Gasteiger partial charge in [-0.15, -0.1) is 0 Å². The summed E-state index contributed by atoms with van der Waals surface area (Å²) in [5.74, 6) is -0.255. The molecule has 2 aromatic rings. The Hall–Kier alpha value is -3.35. The minimum absolute atomic E-state index is 0.102. The molecule has 1 aliphatic heterocycles. The van der Waals surface area contributed by atoms with Crippen molar-refractivity contribution in [1.29, 1.82) is 0 Å². The van der Waals surface area contributed by atoms with Gasteiger partial charge in [0.25, 0.3) is 0 Å². The van der Waals surface area contributed by atoms with Crippen molar-refractivity contribution in [3.63, 3.8) is 0 Å². The predicted octanol–water partition coefficient (Wildman–Crippen LogP) is 4.38. The van der Waals surface area contributed by atoms with Gasteiger partial charge in [0.15, 0.2) is 0 Å². The minimum Gasteiger partial charge on any atom is -0.489 e. The number of halogens is 1. The van der Waals surface area contributed by atoms with Crippen LogP contribution in [0.4, 0.5) is 9.18 Å². The second-order valence-electron chi connectivity index (χ2n) is 6.97. The molecule has 0 aliphatic carbocycles. The highest BCUT2D eigenvalue weighted by Crippen LogP contribution is 2.30. The molecule has 0 radical (unpaired) electrons. The Morgan fingerprint density at radius 1 is 1.13 bits per heavy atom. The molecule has 1 aliphatic rings. The van der Waals surface area contributed by atoms with Crippen molar-refractivity contribution in [1.82, 2.24) is 10.6 Å². The molecule has 2 amide bonds. The van der Waals surface area contributed by atoms with E-state index in [9.17, 15) is 14.0 Å². The Bertz CT molecular complexity index is 940. The van der Waals surface area contributed by atoms with Crippen LogP contribution in [0.25, 0.3) is 0 Å². The van der Waals surface area contributed by atoms with Crippen molar-refractivity contribution in [2.45, 2.75) is 38.8 Å². The maximum Gasteiger partial charge on any atom is 0.337 e. The number of rotatable bonds is 8. The average Bonchev–Trinajstić information content (AvgIpc) is 2.76. The normalized spacial score (nSPS) is 16.0. The molecule has 2 aromatic carbocycles. The second kappa shape index (κ2) is 9.91. The Kier molecular flexibility index (Phi) is 7.06. The number of carbonyl (C=O) groups is 2. The number of urea groups is 1. The van der Waals surface area contributed by atoms with E-state index in [2.05, 4.69) is 10.6 Å². The Labute approximate surface area is 175 Å². The standard InChI is InChI=1S/C23H25FN2O4/c1-3-4-9-19-20(22(27)29-2)21(26-23(28)25-19)15-10-12-17(13-11-15)30-14-16-7-5-6-8-18(16)24/h5-8,10-13,21H,3-4,9,14H2,1-2H3,(H2,25,26,28). The Balaban J connectivity index is 1.81. The summed E-state index contributed by atoms with van der Waals surface area (Å²) in [5, 5.41) is 5.53. The van der Waals surface area contributed by atoms with Gasteiger partial charge in [0.2, 0.25) is 0 Å². The summed E-state index contributed by atoms with van der Waals surface area (Å²) in [4.78, 5) is 24.6. The number of esters is 1. The van der Waals surface area contributed by atoms with E-state index >= 15 is 0 Å². The number of nitrogens with one attached hydrogen (secondary N) is 2. The smallest absolute Gasteiger partial charge is 0.337 e. The Morgan fingerprint density at radius 2 is 1.87 bits per heavy atom. The van der Waals surface area contributed by atoms with Gasteiger partial charge in [-0.25, -0.2) is 14.0 Å². The van der Waals surface area contributed by atoms with Crippen LogP contribution >= 0.6 is 0 Å². The maximum absolute atomic E-state index is 13.7. The van der Waals surface area contributed by atoms with Gasteiger partial charge >= 0.3 is 12.0 Å². The van der Waals surface area contributed by atoms with Crippen molar-refractivity contribution in [2.75, 3.05) is 7.11 Å². The molecule has 30 heavy (non-hydrogen) atoms. The van der Waals surface area contributed by atoms with Gasteiger partial charge in [0, 0.05) is 11.3 Å². The molecule has 0 saturated heterocycles. The Morgan fingerprint density at radius 3 is 2.53 bits per heavy atom. The number of amides is 2. The molecule has 1 heterocycles. The second-order valence-corrected chi connectivity index (χ2v) is 6.97. The van der Waals surface area contributed by atoms with Crippen LogP contribution in [0.3, 0.4) is 0 Å². The number of hydrogen-bond donors (Lipinski definition) is 2. The summed E-state index contributed by atoms with van der Waals surface area (Å²) >= 11 is 0. The first kappa shape index (κ1) is 21.4. The van der Waals surface area contributed by atoms with Crippen molar-refractivity contribution in [3.05, 3.63) is 76.7 Å². The number of unbranched alkanes of at least 4 members (excludes halogenated alkanes) is 1. The first-order valence-electron chi connectivity index (χ1n) is 9.88. The summed E-state index contributed by atoms with van der Waals surface area (Å²) in [6, 6.07) is 12.4. The summed E-state index contributed by atoms with van der Waals surface area (Å²) in [5.41, 5.74) is 2.16. The zero-order chi connectivity index (χ0) is 21.5. The quantitative estimate of drug-likeness (QED) is 0.631. The zero-order valence-corrected chi connectivity index (χ0v) is 17.0. The molecule has 0 spiro atoms. The first-order valence-corrected chi connectivity index (χ1v) is 9.88. The zero-order valence-electron chi connectivity index (χ0n) is 17.0. The third-order valence-electron chi connectivity index (χ3n) is 4.90. The first-order chi connectivity index (χ1) is 14.5. The molecule has 0 bridgehead atoms. The summed E-state index contributed by atoms with van der Waals surface area (Å²) < 4.78 is 24.4. The molecule has 0 fully saturated rings. The van der Waals surface area contributed by atoms with Gasteiger partial charge in [-0.05, 0) is 36.6 Å². The maximum atomic E-state index is 13.7. The third-order valence-corrected chi connectivity index (χ3v) is 4.90. The number of ether oxygens (including phenoxy) is 2. The lowest BCUT2D eigenvalue weighted by Gasteiger charge is -2.29. The molecule has 6 nitrogen and oxygen atoms in total. The van der Waals surface area contributed by atoms with Crippen LogP contribution in [0, 0.1) is 5.82 Å². The number of benzene rings is 2. The van der Waals surface area contributed by atoms with Crippen LogP contribution in [-0.4, -0.2) is 19.1 Å². The average molecular weight is 412 g/mol. The molecular formula is C23H25FN2O4. The van der Waals surface area contributed by atoms with Gasteiger partial charge in [-0.1, -0.05) is 43.7 Å². The van der Waals surface area contributed by atoms with Crippen LogP contribution in [0.5, 0.6) is 5.75 Å². The van der Waals surface area contributed by atoms with E-state index in [1.807, 2.05) is 6.92 Å². The fraction of sp³-hybridized carbons (Fsp3) is 0.304. The molecule has 1 atom stereocenters. The van der Waals surface area contributed by atoms with Crippen LogP contribution in [-0.2, 0) is 16.1 Å². The van der Waals surface area contributed by atoms with Gasteiger partial charge in [0.05, 0.1) is 18.7 Å². The molecular weight excluding hydrogens is 387 g/mol. The lowest BCUT2D eigenvalue weighted by Crippen LogP contribution is -2.45. The number of carbonyl (C=O) groups excluding carboxylic acids is 2. The fourth-order valence-corrected chi connectivity index (χ4v) is 3.30. The van der Waals surface area contributed by atoms with Crippen LogP contribution in [0.1, 0.15) is 43.4 Å². The van der Waals surface area contributed by atoms with Crippen LogP contribution < -0.4 is 15.4 Å². The molecule has 0 saturated carbocycles. The molecule has 7 heteroatoms. The summed E-state index contributed by atoms with van der Waals surface area (Å²) in [7, 11) is 1.32. The number of allylic oxidation sites excluding steroid dienone is 1. The predicted molar refractivity (Wildman–Crippen MR) is 110 cm³/mol. The van der Waals surface area contributed by atoms with E-state index in [1.54, 1.807) is 42.5 Å². The summed E-state index contributed by atoms with van der Waals surface area (Å²) in [6.07, 6.45) is 2.35. The number of methoxy groups -OCH3 is 1. The number of hydrogen-bond acceptors (Lipinski definition) is 4. The van der Waals surface area contributed by atoms with E-state index in [1.165, 1.54) is 13.2 Å². The lowest BCUT2D eigenvalue weighted by atomic mass is 9.93. The third kappa shape index (κ3) is 4.97.